The molecule has 154 valence electrons. The van der Waals surface area contributed by atoms with Gasteiger partial charge in [0.25, 0.3) is 0 Å². The molecular formula is C22H29N5O2. The van der Waals surface area contributed by atoms with Crippen molar-refractivity contribution in [2.75, 3.05) is 50.6 Å². The van der Waals surface area contributed by atoms with Crippen LogP contribution in [0.2, 0.25) is 0 Å². The first-order valence-electron chi connectivity index (χ1n) is 9.80. The molecule has 0 aliphatic carbocycles. The van der Waals surface area contributed by atoms with Crippen LogP contribution in [0.4, 0.5) is 11.4 Å². The first-order chi connectivity index (χ1) is 14.1. The zero-order valence-corrected chi connectivity index (χ0v) is 17.3. The SMILES string of the molecule is CN=C(NCc1cccc(NC(C)=O)c1)N1CCN(c2cccc(OC)c2)CC1. The number of amides is 1. The number of carbonyl (C=O) groups excluding carboxylic acids is 1. The van der Waals surface area contributed by atoms with E-state index in [9.17, 15) is 4.79 Å². The molecule has 2 aromatic carbocycles. The number of methoxy groups -OCH3 is 1. The van der Waals surface area contributed by atoms with Crippen molar-refractivity contribution in [1.82, 2.24) is 10.2 Å². The van der Waals surface area contributed by atoms with E-state index in [1.807, 2.05) is 43.4 Å². The molecule has 1 aliphatic rings. The second kappa shape index (κ2) is 9.82. The van der Waals surface area contributed by atoms with Crippen molar-refractivity contribution >= 4 is 23.2 Å². The zero-order chi connectivity index (χ0) is 20.6. The molecule has 2 aromatic rings. The number of guanidine groups is 1. The van der Waals surface area contributed by atoms with Crippen molar-refractivity contribution in [3.8, 4) is 5.75 Å². The maximum Gasteiger partial charge on any atom is 0.221 e. The molecule has 7 nitrogen and oxygen atoms in total. The number of nitrogens with one attached hydrogen (secondary N) is 2. The van der Waals surface area contributed by atoms with Gasteiger partial charge in [0, 0.05) is 64.1 Å². The Labute approximate surface area is 172 Å². The molecule has 0 spiro atoms. The van der Waals surface area contributed by atoms with E-state index in [0.29, 0.717) is 6.54 Å². The molecule has 2 N–H and O–H groups in total. The summed E-state index contributed by atoms with van der Waals surface area (Å²) in [5.41, 5.74) is 3.08. The molecular weight excluding hydrogens is 366 g/mol. The summed E-state index contributed by atoms with van der Waals surface area (Å²) in [5, 5.41) is 6.25. The van der Waals surface area contributed by atoms with Crippen LogP contribution in [0.3, 0.4) is 0 Å². The van der Waals surface area contributed by atoms with Crippen molar-refractivity contribution in [1.29, 1.82) is 0 Å². The van der Waals surface area contributed by atoms with Crippen molar-refractivity contribution in [2.45, 2.75) is 13.5 Å². The number of anilines is 2. The number of ether oxygens (including phenoxy) is 1. The zero-order valence-electron chi connectivity index (χ0n) is 17.3. The molecule has 0 atom stereocenters. The van der Waals surface area contributed by atoms with Gasteiger partial charge in [-0.25, -0.2) is 0 Å². The fourth-order valence-electron chi connectivity index (χ4n) is 3.46. The molecule has 1 aliphatic heterocycles. The van der Waals surface area contributed by atoms with Crippen molar-refractivity contribution in [3.63, 3.8) is 0 Å². The molecule has 0 bridgehead atoms. The molecule has 0 saturated carbocycles. The highest BCUT2D eigenvalue weighted by Gasteiger charge is 2.20. The Balaban J connectivity index is 1.54. The Morgan fingerprint density at radius 3 is 2.55 bits per heavy atom. The average Bonchev–Trinajstić information content (AvgIpc) is 2.74. The molecule has 1 saturated heterocycles. The highest BCUT2D eigenvalue weighted by molar-refractivity contribution is 5.88. The number of hydrogen-bond acceptors (Lipinski definition) is 4. The average molecular weight is 396 g/mol. The lowest BCUT2D eigenvalue weighted by Gasteiger charge is -2.37. The molecule has 7 heteroatoms. The van der Waals surface area contributed by atoms with Gasteiger partial charge in [0.2, 0.25) is 5.91 Å². The Morgan fingerprint density at radius 1 is 1.10 bits per heavy atom. The van der Waals surface area contributed by atoms with E-state index < -0.39 is 0 Å². The van der Waals surface area contributed by atoms with E-state index in [0.717, 1.165) is 49.1 Å². The van der Waals surface area contributed by atoms with Gasteiger partial charge in [-0.1, -0.05) is 18.2 Å². The van der Waals surface area contributed by atoms with Crippen molar-refractivity contribution in [3.05, 3.63) is 54.1 Å². The highest BCUT2D eigenvalue weighted by Crippen LogP contribution is 2.22. The molecule has 0 radical (unpaired) electrons. The molecule has 1 fully saturated rings. The van der Waals surface area contributed by atoms with E-state index in [1.165, 1.54) is 12.6 Å². The van der Waals surface area contributed by atoms with E-state index in [-0.39, 0.29) is 5.91 Å². The van der Waals surface area contributed by atoms with Crippen molar-refractivity contribution in [2.24, 2.45) is 4.99 Å². The largest absolute Gasteiger partial charge is 0.497 e. The number of rotatable bonds is 5. The number of nitrogens with zero attached hydrogens (tertiary/aromatic N) is 3. The molecule has 3 rings (SSSR count). The second-order valence-corrected chi connectivity index (χ2v) is 6.96. The van der Waals surface area contributed by atoms with Crippen LogP contribution in [0.15, 0.2) is 53.5 Å². The van der Waals surface area contributed by atoms with Crippen molar-refractivity contribution < 1.29 is 9.53 Å². The van der Waals surface area contributed by atoms with Gasteiger partial charge in [-0.15, -0.1) is 0 Å². The molecule has 0 aromatic heterocycles. The Kier molecular flexibility index (Phi) is 6.94. The second-order valence-electron chi connectivity index (χ2n) is 6.96. The third kappa shape index (κ3) is 5.63. The van der Waals surface area contributed by atoms with Crippen LogP contribution < -0.4 is 20.3 Å². The van der Waals surface area contributed by atoms with E-state index in [2.05, 4.69) is 37.6 Å². The summed E-state index contributed by atoms with van der Waals surface area (Å²) in [5.74, 6) is 1.70. The third-order valence-electron chi connectivity index (χ3n) is 4.91. The van der Waals surface area contributed by atoms with Crippen LogP contribution >= 0.6 is 0 Å². The van der Waals surface area contributed by atoms with Gasteiger partial charge >= 0.3 is 0 Å². The molecule has 0 unspecified atom stereocenters. The maximum atomic E-state index is 11.2. The summed E-state index contributed by atoms with van der Waals surface area (Å²) in [6, 6.07) is 16.0. The Morgan fingerprint density at radius 2 is 1.86 bits per heavy atom. The van der Waals surface area contributed by atoms with E-state index in [4.69, 9.17) is 4.74 Å². The normalized spacial score (nSPS) is 14.5. The van der Waals surface area contributed by atoms with Crippen LogP contribution in [0.5, 0.6) is 5.75 Å². The predicted molar refractivity (Wildman–Crippen MR) is 118 cm³/mol. The van der Waals surface area contributed by atoms with Gasteiger partial charge in [0.15, 0.2) is 5.96 Å². The number of piperazine rings is 1. The molecule has 29 heavy (non-hydrogen) atoms. The van der Waals surface area contributed by atoms with Crippen LogP contribution in [-0.4, -0.2) is 57.1 Å². The molecule has 1 heterocycles. The van der Waals surface area contributed by atoms with Gasteiger partial charge < -0.3 is 25.2 Å². The predicted octanol–water partition coefficient (Wildman–Crippen LogP) is 2.55. The minimum atomic E-state index is -0.0696. The van der Waals surface area contributed by atoms with Gasteiger partial charge in [-0.2, -0.15) is 0 Å². The van der Waals surface area contributed by atoms with Gasteiger partial charge in [0.1, 0.15) is 5.75 Å². The van der Waals surface area contributed by atoms with E-state index >= 15 is 0 Å². The lowest BCUT2D eigenvalue weighted by Crippen LogP contribution is -2.52. The standard InChI is InChI=1S/C22H29N5O2/c1-17(28)25-19-7-4-6-18(14-19)16-24-22(23-2)27-12-10-26(11-13-27)20-8-5-9-21(15-20)29-3/h4-9,14-15H,10-13,16H2,1-3H3,(H,23,24)(H,25,28). The summed E-state index contributed by atoms with van der Waals surface area (Å²) in [6.07, 6.45) is 0. The van der Waals surface area contributed by atoms with Crippen LogP contribution in [-0.2, 0) is 11.3 Å². The third-order valence-corrected chi connectivity index (χ3v) is 4.91. The topological polar surface area (TPSA) is 69.2 Å². The lowest BCUT2D eigenvalue weighted by atomic mass is 10.2. The summed E-state index contributed by atoms with van der Waals surface area (Å²) < 4.78 is 5.34. The first-order valence-corrected chi connectivity index (χ1v) is 9.80. The quantitative estimate of drug-likeness (QED) is 0.602. The highest BCUT2D eigenvalue weighted by atomic mass is 16.5. The van der Waals surface area contributed by atoms with Gasteiger partial charge in [-0.3, -0.25) is 9.79 Å². The summed E-state index contributed by atoms with van der Waals surface area (Å²) >= 11 is 0. The monoisotopic (exact) mass is 395 g/mol. The van der Waals surface area contributed by atoms with Crippen LogP contribution in [0.1, 0.15) is 12.5 Å². The number of carbonyl (C=O) groups is 1. The number of benzene rings is 2. The number of hydrogen-bond donors (Lipinski definition) is 2. The lowest BCUT2D eigenvalue weighted by molar-refractivity contribution is -0.114. The maximum absolute atomic E-state index is 11.2. The van der Waals surface area contributed by atoms with E-state index in [1.54, 1.807) is 7.11 Å². The summed E-state index contributed by atoms with van der Waals surface area (Å²) in [4.78, 5) is 20.3. The smallest absolute Gasteiger partial charge is 0.221 e. The number of aliphatic imine (C=N–C) groups is 1. The summed E-state index contributed by atoms with van der Waals surface area (Å²) in [6.45, 7) is 5.79. The van der Waals surface area contributed by atoms with Gasteiger partial charge in [-0.05, 0) is 29.8 Å². The Hall–Kier alpha value is -3.22. The first kappa shape index (κ1) is 20.5. The summed E-state index contributed by atoms with van der Waals surface area (Å²) in [7, 11) is 3.50. The van der Waals surface area contributed by atoms with Crippen LogP contribution in [0.25, 0.3) is 0 Å². The fourth-order valence-corrected chi connectivity index (χ4v) is 3.46. The van der Waals surface area contributed by atoms with Gasteiger partial charge in [0.05, 0.1) is 7.11 Å². The fraction of sp³-hybridized carbons (Fsp3) is 0.364. The van der Waals surface area contributed by atoms with Crippen LogP contribution in [0, 0.1) is 0 Å². The Bertz CT molecular complexity index is 860. The minimum absolute atomic E-state index is 0.0696. The molecule has 1 amide bonds. The minimum Gasteiger partial charge on any atom is -0.497 e.